The van der Waals surface area contributed by atoms with E-state index in [-0.39, 0.29) is 13.1 Å². The lowest BCUT2D eigenvalue weighted by molar-refractivity contribution is -0.209. The first-order chi connectivity index (χ1) is 19.7. The Morgan fingerprint density at radius 2 is 1.05 bits per heavy atom. The van der Waals surface area contributed by atoms with Gasteiger partial charge in [-0.2, -0.15) is 0 Å². The number of carbonyl (C=O) groups excluding carboxylic acids is 5. The summed E-state index contributed by atoms with van der Waals surface area (Å²) in [5.41, 5.74) is -2.41. The Hall–Kier alpha value is -2.65. The number of ether oxygens (including phenoxy) is 1. The van der Waals surface area contributed by atoms with Crippen molar-refractivity contribution in [2.45, 2.75) is 129 Å². The van der Waals surface area contributed by atoms with Gasteiger partial charge in [-0.25, -0.2) is 9.59 Å². The van der Waals surface area contributed by atoms with E-state index < -0.39 is 58.7 Å². The molecule has 1 aliphatic carbocycles. The van der Waals surface area contributed by atoms with E-state index in [4.69, 9.17) is 4.74 Å². The van der Waals surface area contributed by atoms with Crippen LogP contribution in [0.3, 0.4) is 0 Å². The third-order valence-corrected chi connectivity index (χ3v) is 10.3. The van der Waals surface area contributed by atoms with Crippen molar-refractivity contribution < 1.29 is 28.7 Å². The predicted octanol–water partition coefficient (Wildman–Crippen LogP) is 4.90. The molecule has 4 rings (SSSR count). The van der Waals surface area contributed by atoms with E-state index in [1.807, 2.05) is 0 Å². The van der Waals surface area contributed by atoms with Gasteiger partial charge in [0, 0.05) is 13.1 Å². The average molecular weight is 575 g/mol. The predicted molar refractivity (Wildman–Crippen MR) is 154 cm³/mol. The van der Waals surface area contributed by atoms with Gasteiger partial charge in [-0.3, -0.25) is 25.0 Å². The van der Waals surface area contributed by atoms with Crippen molar-refractivity contribution >= 4 is 29.8 Å². The van der Waals surface area contributed by atoms with E-state index in [1.165, 1.54) is 86.8 Å². The first-order valence-corrected chi connectivity index (χ1v) is 16.1. The van der Waals surface area contributed by atoms with Gasteiger partial charge in [-0.1, -0.05) is 96.8 Å². The fourth-order valence-corrected chi connectivity index (χ4v) is 7.54. The van der Waals surface area contributed by atoms with Gasteiger partial charge < -0.3 is 14.5 Å². The molecule has 3 saturated heterocycles. The van der Waals surface area contributed by atoms with Crippen LogP contribution in [-0.2, 0) is 19.1 Å². The van der Waals surface area contributed by atoms with Gasteiger partial charge in [-0.05, 0) is 20.3 Å². The largest absolute Gasteiger partial charge is 0.465 e. The molecule has 10 heteroatoms. The fourth-order valence-electron chi connectivity index (χ4n) is 7.54. The topological polar surface area (TPSA) is 125 Å². The highest BCUT2D eigenvalue weighted by atomic mass is 16.5. The second-order valence-electron chi connectivity index (χ2n) is 12.9. The minimum Gasteiger partial charge on any atom is -0.465 e. The maximum atomic E-state index is 13.1. The number of imide groups is 2. The fraction of sp³-hybridized carbons (Fsp3) is 0.839. The number of carbonyl (C=O) groups is 5. The van der Waals surface area contributed by atoms with Crippen LogP contribution in [0.25, 0.3) is 0 Å². The summed E-state index contributed by atoms with van der Waals surface area (Å²) in [5, 5.41) is 4.74. The molecule has 2 N–H and O–H groups in total. The number of rotatable bonds is 17. The van der Waals surface area contributed by atoms with Crippen LogP contribution in [-0.4, -0.2) is 71.4 Å². The van der Waals surface area contributed by atoms with Crippen LogP contribution in [0.5, 0.6) is 0 Å². The minimum atomic E-state index is -1.21. The number of nitrogens with one attached hydrogen (secondary N) is 2. The minimum absolute atomic E-state index is 0.0294. The standard InChI is InChI=1S/C31H50N4O6/c1-4-5-6-7-8-9-10-11-12-13-14-15-16-17-18-19-41-25(36)22-20-34-23-24-31(3,27(38)33-29(40)35(24)21-22)30(23,2)26(37)32-28(34)39/h22-24H,4-21H2,1-3H3,(H,32,37,39)(H,33,38,40). The molecule has 0 aromatic rings. The second kappa shape index (κ2) is 13.6. The Bertz CT molecular complexity index is 949. The summed E-state index contributed by atoms with van der Waals surface area (Å²) in [6.07, 6.45) is 18.8. The van der Waals surface area contributed by atoms with Crippen LogP contribution in [0.2, 0.25) is 0 Å². The highest BCUT2D eigenvalue weighted by molar-refractivity contribution is 6.11. The number of hydrogen-bond acceptors (Lipinski definition) is 6. The number of fused-ring (bicyclic) bond motifs is 1. The summed E-state index contributed by atoms with van der Waals surface area (Å²) in [4.78, 5) is 67.5. The number of urea groups is 2. The molecular formula is C31H50N4O6. The lowest BCUT2D eigenvalue weighted by atomic mass is 9.42. The zero-order chi connectivity index (χ0) is 29.6. The molecule has 41 heavy (non-hydrogen) atoms. The first kappa shape index (κ1) is 31.3. The molecule has 0 radical (unpaired) electrons. The van der Waals surface area contributed by atoms with Crippen molar-refractivity contribution in [1.29, 1.82) is 0 Å². The summed E-state index contributed by atoms with van der Waals surface area (Å²) < 4.78 is 5.59. The lowest BCUT2D eigenvalue weighted by Gasteiger charge is -2.70. The average Bonchev–Trinajstić information content (AvgIpc) is 3.13. The lowest BCUT2D eigenvalue weighted by Crippen LogP contribution is -2.90. The first-order valence-electron chi connectivity index (χ1n) is 16.1. The monoisotopic (exact) mass is 574 g/mol. The maximum absolute atomic E-state index is 13.1. The number of hydrogen-bond donors (Lipinski definition) is 2. The third-order valence-electron chi connectivity index (χ3n) is 10.3. The van der Waals surface area contributed by atoms with Crippen LogP contribution in [0.15, 0.2) is 0 Å². The molecule has 3 heterocycles. The van der Waals surface area contributed by atoms with Gasteiger partial charge in [0.1, 0.15) is 0 Å². The van der Waals surface area contributed by atoms with Gasteiger partial charge in [-0.15, -0.1) is 0 Å². The Balaban J connectivity index is 1.15. The second-order valence-corrected chi connectivity index (χ2v) is 12.9. The molecule has 4 aliphatic rings. The molecule has 0 spiro atoms. The van der Waals surface area contributed by atoms with Crippen LogP contribution in [0.1, 0.15) is 117 Å². The molecule has 4 unspecified atom stereocenters. The quantitative estimate of drug-likeness (QED) is 0.188. The number of esters is 1. The van der Waals surface area contributed by atoms with Crippen molar-refractivity contribution in [2.24, 2.45) is 16.7 Å². The summed E-state index contributed by atoms with van der Waals surface area (Å²) in [6.45, 7) is 5.93. The van der Waals surface area contributed by atoms with Crippen LogP contribution in [0, 0.1) is 16.7 Å². The van der Waals surface area contributed by atoms with Gasteiger partial charge in [0.25, 0.3) is 0 Å². The van der Waals surface area contributed by atoms with Gasteiger partial charge in [0.2, 0.25) is 11.8 Å². The SMILES string of the molecule is CCCCCCCCCCCCCCCCCOC(=O)C1CN2C(=O)NC(=O)C3(C)C2C2N(C1)C(=O)NC(=O)C23C. The molecule has 6 amide bonds. The smallest absolute Gasteiger partial charge is 0.324 e. The van der Waals surface area contributed by atoms with Gasteiger partial charge in [0.15, 0.2) is 0 Å². The van der Waals surface area contributed by atoms with E-state index in [9.17, 15) is 24.0 Å². The van der Waals surface area contributed by atoms with E-state index in [0.717, 1.165) is 19.3 Å². The zero-order valence-corrected chi connectivity index (χ0v) is 25.3. The molecular weight excluding hydrogens is 524 g/mol. The molecule has 0 bridgehead atoms. The van der Waals surface area contributed by atoms with E-state index in [2.05, 4.69) is 17.6 Å². The molecule has 10 nitrogen and oxygen atoms in total. The van der Waals surface area contributed by atoms with E-state index >= 15 is 0 Å². The van der Waals surface area contributed by atoms with Gasteiger partial charge in [0.05, 0.1) is 35.4 Å². The van der Waals surface area contributed by atoms with Crippen molar-refractivity contribution in [2.75, 3.05) is 19.7 Å². The highest BCUT2D eigenvalue weighted by Gasteiger charge is 2.81. The molecule has 4 atom stereocenters. The van der Waals surface area contributed by atoms with Crippen LogP contribution < -0.4 is 10.6 Å². The highest BCUT2D eigenvalue weighted by Crippen LogP contribution is 2.63. The Labute approximate surface area is 244 Å². The van der Waals surface area contributed by atoms with E-state index in [0.29, 0.717) is 6.61 Å². The van der Waals surface area contributed by atoms with Gasteiger partial charge >= 0.3 is 18.0 Å². The molecule has 1 saturated carbocycles. The Morgan fingerprint density at radius 1 is 0.683 bits per heavy atom. The third kappa shape index (κ3) is 5.98. The van der Waals surface area contributed by atoms with Crippen molar-refractivity contribution in [3.63, 3.8) is 0 Å². The van der Waals surface area contributed by atoms with Crippen molar-refractivity contribution in [1.82, 2.24) is 20.4 Å². The Morgan fingerprint density at radius 3 is 1.44 bits per heavy atom. The summed E-state index contributed by atoms with van der Waals surface area (Å²) >= 11 is 0. The summed E-state index contributed by atoms with van der Waals surface area (Å²) in [7, 11) is 0. The van der Waals surface area contributed by atoms with Crippen LogP contribution in [0.4, 0.5) is 9.59 Å². The molecule has 3 aliphatic heterocycles. The number of nitrogens with zero attached hydrogens (tertiary/aromatic N) is 2. The molecule has 0 aromatic heterocycles. The Kier molecular flexibility index (Phi) is 10.3. The maximum Gasteiger partial charge on any atom is 0.324 e. The summed E-state index contributed by atoms with van der Waals surface area (Å²) in [6, 6.07) is -2.53. The number of unbranched alkanes of at least 4 members (excludes halogenated alkanes) is 14. The molecule has 4 fully saturated rings. The van der Waals surface area contributed by atoms with E-state index in [1.54, 1.807) is 13.8 Å². The summed E-state index contributed by atoms with van der Waals surface area (Å²) in [5.74, 6) is -2.28. The molecule has 230 valence electrons. The molecule has 0 aromatic carbocycles. The van der Waals surface area contributed by atoms with Crippen LogP contribution >= 0.6 is 0 Å². The number of amides is 6. The normalized spacial score (nSPS) is 30.3. The zero-order valence-electron chi connectivity index (χ0n) is 25.3. The van der Waals surface area contributed by atoms with Crippen molar-refractivity contribution in [3.8, 4) is 0 Å². The van der Waals surface area contributed by atoms with Crippen molar-refractivity contribution in [3.05, 3.63) is 0 Å².